The lowest BCUT2D eigenvalue weighted by molar-refractivity contribution is 0.102. The van der Waals surface area contributed by atoms with Gasteiger partial charge in [0.25, 0.3) is 5.91 Å². The summed E-state index contributed by atoms with van der Waals surface area (Å²) in [6.45, 7) is 2.06. The molecule has 1 aromatic heterocycles. The first kappa shape index (κ1) is 15.0. The van der Waals surface area contributed by atoms with Gasteiger partial charge in [0.2, 0.25) is 5.13 Å². The van der Waals surface area contributed by atoms with Crippen LogP contribution in [0.3, 0.4) is 0 Å². The van der Waals surface area contributed by atoms with Gasteiger partial charge in [0.1, 0.15) is 10.8 Å². The third kappa shape index (κ3) is 3.78. The Morgan fingerprint density at radius 2 is 2.29 bits per heavy atom. The first-order valence-electron chi connectivity index (χ1n) is 6.12. The fourth-order valence-corrected chi connectivity index (χ4v) is 2.20. The zero-order valence-corrected chi connectivity index (χ0v) is 12.5. The molecule has 0 bridgehead atoms. The molecule has 2 rings (SSSR count). The Kier molecular flexibility index (Phi) is 4.87. The molecule has 0 spiro atoms. The van der Waals surface area contributed by atoms with Crippen LogP contribution in [-0.2, 0) is 0 Å². The molecule has 0 unspecified atom stereocenters. The normalized spacial score (nSPS) is 9.67. The number of hydrogen-bond donors (Lipinski definition) is 2. The highest BCUT2D eigenvalue weighted by Crippen LogP contribution is 2.20. The average Bonchev–Trinajstić information content (AvgIpc) is 2.89. The van der Waals surface area contributed by atoms with Gasteiger partial charge in [-0.15, -0.1) is 10.2 Å². The van der Waals surface area contributed by atoms with Crippen LogP contribution in [0.2, 0.25) is 0 Å². The van der Waals surface area contributed by atoms with Crippen molar-refractivity contribution in [3.05, 3.63) is 34.3 Å². The van der Waals surface area contributed by atoms with Crippen molar-refractivity contribution in [2.75, 3.05) is 19.0 Å². The SMILES string of the molecule is COc1ccc(C(=O)Nc2nnc(C)s2)cc1C#CCN. The standard InChI is InChI=1S/C14H14N4O2S/c1-9-17-18-14(21-9)16-13(19)11-5-6-12(20-2)10(8-11)4-3-7-15/h5-6,8H,7,15H2,1-2H3,(H,16,18,19). The Bertz CT molecular complexity index is 715. The Morgan fingerprint density at radius 3 is 2.90 bits per heavy atom. The fraction of sp³-hybridized carbons (Fsp3) is 0.214. The summed E-state index contributed by atoms with van der Waals surface area (Å²) >= 11 is 1.31. The van der Waals surface area contributed by atoms with E-state index in [9.17, 15) is 4.79 Å². The predicted molar refractivity (Wildman–Crippen MR) is 81.5 cm³/mol. The largest absolute Gasteiger partial charge is 0.495 e. The minimum atomic E-state index is -0.274. The van der Waals surface area contributed by atoms with Crippen LogP contribution in [0.5, 0.6) is 5.75 Å². The molecule has 0 aliphatic heterocycles. The minimum absolute atomic E-state index is 0.240. The molecule has 21 heavy (non-hydrogen) atoms. The van der Waals surface area contributed by atoms with E-state index in [1.54, 1.807) is 25.3 Å². The molecule has 0 saturated heterocycles. The third-order valence-electron chi connectivity index (χ3n) is 2.53. The number of carbonyl (C=O) groups is 1. The van der Waals surface area contributed by atoms with Gasteiger partial charge in [-0.2, -0.15) is 0 Å². The van der Waals surface area contributed by atoms with E-state index in [1.165, 1.54) is 11.3 Å². The van der Waals surface area contributed by atoms with Crippen LogP contribution in [0, 0.1) is 18.8 Å². The first-order chi connectivity index (χ1) is 10.1. The predicted octanol–water partition coefficient (Wildman–Crippen LogP) is 1.42. The van der Waals surface area contributed by atoms with Crippen molar-refractivity contribution in [1.29, 1.82) is 0 Å². The maximum atomic E-state index is 12.2. The molecular formula is C14H14N4O2S. The molecule has 0 radical (unpaired) electrons. The Labute approximate surface area is 126 Å². The second-order valence-corrected chi connectivity index (χ2v) is 5.18. The smallest absolute Gasteiger partial charge is 0.257 e. The summed E-state index contributed by atoms with van der Waals surface area (Å²) in [5.41, 5.74) is 6.44. The van der Waals surface area contributed by atoms with Gasteiger partial charge in [-0.1, -0.05) is 23.2 Å². The number of benzene rings is 1. The topological polar surface area (TPSA) is 90.1 Å². The molecule has 1 aromatic carbocycles. The van der Waals surface area contributed by atoms with Gasteiger partial charge in [-0.05, 0) is 25.1 Å². The van der Waals surface area contributed by atoms with Crippen molar-refractivity contribution in [3.8, 4) is 17.6 Å². The van der Waals surface area contributed by atoms with Gasteiger partial charge in [0, 0.05) is 5.56 Å². The summed E-state index contributed by atoms with van der Waals surface area (Å²) in [5.74, 6) is 5.95. The molecule has 0 aliphatic rings. The van der Waals surface area contributed by atoms with E-state index >= 15 is 0 Å². The molecular weight excluding hydrogens is 288 g/mol. The zero-order chi connectivity index (χ0) is 15.2. The van der Waals surface area contributed by atoms with E-state index in [1.807, 2.05) is 6.92 Å². The van der Waals surface area contributed by atoms with Crippen molar-refractivity contribution in [2.24, 2.45) is 5.73 Å². The Hall–Kier alpha value is -2.43. The van der Waals surface area contributed by atoms with Crippen LogP contribution < -0.4 is 15.8 Å². The summed E-state index contributed by atoms with van der Waals surface area (Å²) < 4.78 is 5.20. The minimum Gasteiger partial charge on any atom is -0.495 e. The average molecular weight is 302 g/mol. The summed E-state index contributed by atoms with van der Waals surface area (Å²) in [5, 5.41) is 11.6. The van der Waals surface area contributed by atoms with E-state index < -0.39 is 0 Å². The van der Waals surface area contributed by atoms with E-state index in [4.69, 9.17) is 10.5 Å². The molecule has 3 N–H and O–H groups in total. The lowest BCUT2D eigenvalue weighted by Gasteiger charge is -2.06. The number of carbonyl (C=O) groups excluding carboxylic acids is 1. The lowest BCUT2D eigenvalue weighted by Crippen LogP contribution is -2.12. The van der Waals surface area contributed by atoms with Crippen molar-refractivity contribution in [1.82, 2.24) is 10.2 Å². The molecule has 108 valence electrons. The van der Waals surface area contributed by atoms with E-state index in [-0.39, 0.29) is 12.5 Å². The molecule has 7 heteroatoms. The number of aryl methyl sites for hydroxylation is 1. The fourth-order valence-electron chi connectivity index (χ4n) is 1.61. The van der Waals surface area contributed by atoms with Gasteiger partial charge in [0.05, 0.1) is 19.2 Å². The van der Waals surface area contributed by atoms with Crippen LogP contribution in [0.15, 0.2) is 18.2 Å². The van der Waals surface area contributed by atoms with Crippen LogP contribution in [0.25, 0.3) is 0 Å². The molecule has 1 amide bonds. The van der Waals surface area contributed by atoms with Crippen LogP contribution in [-0.4, -0.2) is 29.8 Å². The zero-order valence-electron chi connectivity index (χ0n) is 11.6. The van der Waals surface area contributed by atoms with Gasteiger partial charge < -0.3 is 10.5 Å². The van der Waals surface area contributed by atoms with Crippen LogP contribution >= 0.6 is 11.3 Å². The van der Waals surface area contributed by atoms with Crippen molar-refractivity contribution >= 4 is 22.4 Å². The molecule has 0 aliphatic carbocycles. The molecule has 6 nitrogen and oxygen atoms in total. The number of anilines is 1. The third-order valence-corrected chi connectivity index (χ3v) is 3.29. The number of hydrogen-bond acceptors (Lipinski definition) is 6. The van der Waals surface area contributed by atoms with Gasteiger partial charge in [0.15, 0.2) is 0 Å². The Balaban J connectivity index is 2.24. The number of rotatable bonds is 3. The summed E-state index contributed by atoms with van der Waals surface area (Å²) in [6, 6.07) is 5.02. The quantitative estimate of drug-likeness (QED) is 0.837. The second-order valence-electron chi connectivity index (χ2n) is 4.00. The maximum Gasteiger partial charge on any atom is 0.257 e. The number of aromatic nitrogens is 2. The van der Waals surface area contributed by atoms with E-state index in [0.29, 0.717) is 22.0 Å². The first-order valence-corrected chi connectivity index (χ1v) is 6.94. The molecule has 0 atom stereocenters. The second kappa shape index (κ2) is 6.83. The summed E-state index contributed by atoms with van der Waals surface area (Å²) in [6.07, 6.45) is 0. The molecule has 2 aromatic rings. The summed E-state index contributed by atoms with van der Waals surface area (Å²) in [7, 11) is 1.55. The number of nitrogens with zero attached hydrogens (tertiary/aromatic N) is 2. The summed E-state index contributed by atoms with van der Waals surface area (Å²) in [4.78, 5) is 12.2. The van der Waals surface area contributed by atoms with Crippen LogP contribution in [0.4, 0.5) is 5.13 Å². The number of nitrogens with two attached hydrogens (primary N) is 1. The number of ether oxygens (including phenoxy) is 1. The molecule has 0 fully saturated rings. The lowest BCUT2D eigenvalue weighted by atomic mass is 10.1. The monoisotopic (exact) mass is 302 g/mol. The number of nitrogens with one attached hydrogen (secondary N) is 1. The maximum absolute atomic E-state index is 12.2. The Morgan fingerprint density at radius 1 is 1.48 bits per heavy atom. The molecule has 1 heterocycles. The highest BCUT2D eigenvalue weighted by molar-refractivity contribution is 7.15. The van der Waals surface area contributed by atoms with E-state index in [2.05, 4.69) is 27.4 Å². The van der Waals surface area contributed by atoms with E-state index in [0.717, 1.165) is 5.01 Å². The van der Waals surface area contributed by atoms with Crippen molar-refractivity contribution in [2.45, 2.75) is 6.92 Å². The van der Waals surface area contributed by atoms with Crippen molar-refractivity contribution < 1.29 is 9.53 Å². The number of methoxy groups -OCH3 is 1. The molecule has 0 saturated carbocycles. The number of amides is 1. The highest BCUT2D eigenvalue weighted by Gasteiger charge is 2.11. The highest BCUT2D eigenvalue weighted by atomic mass is 32.1. The van der Waals surface area contributed by atoms with Crippen LogP contribution in [0.1, 0.15) is 20.9 Å². The van der Waals surface area contributed by atoms with Gasteiger partial charge in [-0.3, -0.25) is 10.1 Å². The van der Waals surface area contributed by atoms with Gasteiger partial charge in [-0.25, -0.2) is 0 Å². The van der Waals surface area contributed by atoms with Crippen molar-refractivity contribution in [3.63, 3.8) is 0 Å². The van der Waals surface area contributed by atoms with Gasteiger partial charge >= 0.3 is 0 Å².